The van der Waals surface area contributed by atoms with Crippen molar-refractivity contribution in [1.82, 2.24) is 10.2 Å². The van der Waals surface area contributed by atoms with Crippen molar-refractivity contribution in [2.75, 3.05) is 28.2 Å². The lowest BCUT2D eigenvalue weighted by Gasteiger charge is -2.21. The van der Waals surface area contributed by atoms with Crippen LogP contribution in [0.3, 0.4) is 0 Å². The maximum atomic E-state index is 12.3. The minimum Gasteiger partial charge on any atom is -0.299 e. The molecule has 10 heteroatoms. The number of nitrogens with one attached hydrogen (secondary N) is 1. The molecule has 26 heavy (non-hydrogen) atoms. The Morgan fingerprint density at radius 3 is 2.69 bits per heavy atom. The Balaban J connectivity index is 2.06. The first-order valence-electron chi connectivity index (χ1n) is 7.95. The zero-order valence-electron chi connectivity index (χ0n) is 15.1. The average Bonchev–Trinajstić information content (AvgIpc) is 2.97. The minimum absolute atomic E-state index is 0.323. The van der Waals surface area contributed by atoms with E-state index in [1.165, 1.54) is 11.3 Å². The van der Waals surface area contributed by atoms with Crippen LogP contribution < -0.4 is 9.62 Å². The molecule has 142 valence electrons. The number of thioether (sulfide) groups is 1. The van der Waals surface area contributed by atoms with Gasteiger partial charge in [0.25, 0.3) is 0 Å². The average molecular weight is 415 g/mol. The smallest absolute Gasteiger partial charge is 0.246 e. The van der Waals surface area contributed by atoms with E-state index in [0.29, 0.717) is 16.7 Å². The fraction of sp³-hybridized carbons (Fsp3) is 0.438. The summed E-state index contributed by atoms with van der Waals surface area (Å²) in [6.07, 6.45) is 1.08. The van der Waals surface area contributed by atoms with E-state index in [0.717, 1.165) is 26.2 Å². The number of sulfonamides is 1. The van der Waals surface area contributed by atoms with Crippen molar-refractivity contribution >= 4 is 49.8 Å². The van der Waals surface area contributed by atoms with Gasteiger partial charge in [-0.05, 0) is 30.5 Å². The fourth-order valence-corrected chi connectivity index (χ4v) is 4.62. The summed E-state index contributed by atoms with van der Waals surface area (Å²) in [6.45, 7) is 5.77. The molecular weight excluding hydrogens is 392 g/mol. The van der Waals surface area contributed by atoms with Gasteiger partial charge in [0.1, 0.15) is 6.54 Å². The Bertz CT molecular complexity index is 865. The zero-order chi connectivity index (χ0) is 19.3. The second-order valence-corrected chi connectivity index (χ2v) is 10.4. The Labute approximate surface area is 162 Å². The molecule has 1 N–H and O–H groups in total. The van der Waals surface area contributed by atoms with Gasteiger partial charge in [0.05, 0.1) is 11.9 Å². The summed E-state index contributed by atoms with van der Waals surface area (Å²) in [5, 5.41) is 10.9. The van der Waals surface area contributed by atoms with Crippen LogP contribution in [0.5, 0.6) is 0 Å². The van der Waals surface area contributed by atoms with Gasteiger partial charge in [0.2, 0.25) is 21.1 Å². The molecule has 7 nitrogen and oxygen atoms in total. The molecule has 0 aliphatic rings. The molecule has 0 unspecified atom stereocenters. The maximum absolute atomic E-state index is 12.3. The number of carbonyl (C=O) groups excluding carboxylic acids is 1. The molecule has 2 aromatic rings. The first-order chi connectivity index (χ1) is 12.1. The molecule has 0 aliphatic heterocycles. The molecular formula is C16H22N4O3S3. The zero-order valence-corrected chi connectivity index (χ0v) is 17.5. The first kappa shape index (κ1) is 20.7. The highest BCUT2D eigenvalue weighted by Gasteiger charge is 2.21. The van der Waals surface area contributed by atoms with Crippen LogP contribution in [0.2, 0.25) is 0 Å². The van der Waals surface area contributed by atoms with E-state index in [4.69, 9.17) is 0 Å². The van der Waals surface area contributed by atoms with E-state index >= 15 is 0 Å². The Morgan fingerprint density at radius 2 is 2.08 bits per heavy atom. The van der Waals surface area contributed by atoms with Crippen LogP contribution >= 0.6 is 23.1 Å². The summed E-state index contributed by atoms with van der Waals surface area (Å²) in [4.78, 5) is 12.3. The van der Waals surface area contributed by atoms with Gasteiger partial charge in [-0.15, -0.1) is 10.2 Å². The van der Waals surface area contributed by atoms with Gasteiger partial charge < -0.3 is 0 Å². The summed E-state index contributed by atoms with van der Waals surface area (Å²) >= 11 is 2.86. The standard InChI is InChI=1S/C16H22N4O3S3/c1-11(2)10-24-16-19-18-15(25-16)17-14(21)9-20(26(4,22)23)13-7-5-6-12(3)8-13/h5-8,11H,9-10H2,1-4H3,(H,17,18,21). The minimum atomic E-state index is -3.60. The number of nitrogens with zero attached hydrogens (tertiary/aromatic N) is 3. The largest absolute Gasteiger partial charge is 0.299 e. The summed E-state index contributed by atoms with van der Waals surface area (Å²) in [7, 11) is -3.60. The highest BCUT2D eigenvalue weighted by atomic mass is 32.2. The van der Waals surface area contributed by atoms with Crippen molar-refractivity contribution in [3.8, 4) is 0 Å². The molecule has 0 saturated heterocycles. The van der Waals surface area contributed by atoms with E-state index in [9.17, 15) is 13.2 Å². The van der Waals surface area contributed by atoms with Gasteiger partial charge in [-0.3, -0.25) is 14.4 Å². The van der Waals surface area contributed by atoms with Crippen molar-refractivity contribution in [2.45, 2.75) is 25.1 Å². The molecule has 0 saturated carbocycles. The second-order valence-electron chi connectivity index (χ2n) is 6.23. The molecule has 0 fully saturated rings. The van der Waals surface area contributed by atoms with E-state index in [-0.39, 0.29) is 6.54 Å². The molecule has 1 heterocycles. The van der Waals surface area contributed by atoms with Crippen LogP contribution in [-0.4, -0.2) is 43.1 Å². The quantitative estimate of drug-likeness (QED) is 0.527. The van der Waals surface area contributed by atoms with Crippen molar-refractivity contribution in [1.29, 1.82) is 0 Å². The third-order valence-corrected chi connectivity index (χ3v) is 6.71. The van der Waals surface area contributed by atoms with E-state index in [1.54, 1.807) is 30.0 Å². The van der Waals surface area contributed by atoms with Crippen LogP contribution in [0, 0.1) is 12.8 Å². The normalized spacial score (nSPS) is 11.6. The number of aryl methyl sites for hydroxylation is 1. The predicted molar refractivity (Wildman–Crippen MR) is 107 cm³/mol. The number of hydrogen-bond acceptors (Lipinski definition) is 7. The van der Waals surface area contributed by atoms with Gasteiger partial charge in [-0.2, -0.15) is 0 Å². The van der Waals surface area contributed by atoms with E-state index in [1.807, 2.05) is 13.0 Å². The molecule has 0 radical (unpaired) electrons. The Kier molecular flexibility index (Phi) is 7.01. The van der Waals surface area contributed by atoms with Gasteiger partial charge >= 0.3 is 0 Å². The SMILES string of the molecule is Cc1cccc(N(CC(=O)Nc2nnc(SCC(C)C)s2)S(C)(=O)=O)c1. The molecule has 1 amide bonds. The van der Waals surface area contributed by atoms with Crippen molar-refractivity contribution < 1.29 is 13.2 Å². The molecule has 0 aliphatic carbocycles. The monoisotopic (exact) mass is 414 g/mol. The summed E-state index contributed by atoms with van der Waals surface area (Å²) in [5.74, 6) is 0.978. The molecule has 2 rings (SSSR count). The molecule has 0 spiro atoms. The van der Waals surface area contributed by atoms with Gasteiger partial charge in [-0.25, -0.2) is 8.42 Å². The Morgan fingerprint density at radius 1 is 1.35 bits per heavy atom. The maximum Gasteiger partial charge on any atom is 0.246 e. The number of aromatic nitrogens is 2. The molecule has 1 aromatic heterocycles. The van der Waals surface area contributed by atoms with Crippen LogP contribution in [0.25, 0.3) is 0 Å². The number of anilines is 2. The van der Waals surface area contributed by atoms with Gasteiger partial charge in [0, 0.05) is 5.75 Å². The third-order valence-electron chi connectivity index (χ3n) is 3.17. The van der Waals surface area contributed by atoms with Crippen molar-refractivity contribution in [3.05, 3.63) is 29.8 Å². The highest BCUT2D eigenvalue weighted by molar-refractivity contribution is 8.01. The predicted octanol–water partition coefficient (Wildman–Crippen LogP) is 3.00. The third kappa shape index (κ3) is 6.26. The highest BCUT2D eigenvalue weighted by Crippen LogP contribution is 2.27. The second kappa shape index (κ2) is 8.83. The summed E-state index contributed by atoms with van der Waals surface area (Å²) in [6, 6.07) is 7.00. The molecule has 1 aromatic carbocycles. The number of rotatable bonds is 8. The number of carbonyl (C=O) groups is 1. The van der Waals surface area contributed by atoms with Crippen LogP contribution in [0.4, 0.5) is 10.8 Å². The van der Waals surface area contributed by atoms with E-state index < -0.39 is 15.9 Å². The van der Waals surface area contributed by atoms with Crippen molar-refractivity contribution in [3.63, 3.8) is 0 Å². The van der Waals surface area contributed by atoms with Gasteiger partial charge in [0.15, 0.2) is 4.34 Å². The lowest BCUT2D eigenvalue weighted by atomic mass is 10.2. The van der Waals surface area contributed by atoms with Crippen molar-refractivity contribution in [2.24, 2.45) is 5.92 Å². The summed E-state index contributed by atoms with van der Waals surface area (Å²) in [5.41, 5.74) is 1.36. The summed E-state index contributed by atoms with van der Waals surface area (Å²) < 4.78 is 26.0. The number of hydrogen-bond donors (Lipinski definition) is 1. The van der Waals surface area contributed by atoms with Gasteiger partial charge in [-0.1, -0.05) is 49.1 Å². The van der Waals surface area contributed by atoms with Crippen LogP contribution in [0.1, 0.15) is 19.4 Å². The van der Waals surface area contributed by atoms with E-state index in [2.05, 4.69) is 29.4 Å². The number of amides is 1. The molecule has 0 bridgehead atoms. The lowest BCUT2D eigenvalue weighted by Crippen LogP contribution is -2.37. The Hall–Kier alpha value is -1.65. The first-order valence-corrected chi connectivity index (χ1v) is 11.6. The molecule has 0 atom stereocenters. The van der Waals surface area contributed by atoms with Crippen LogP contribution in [0.15, 0.2) is 28.6 Å². The topological polar surface area (TPSA) is 92.3 Å². The fourth-order valence-electron chi connectivity index (χ4n) is 2.03. The lowest BCUT2D eigenvalue weighted by molar-refractivity contribution is -0.114. The number of benzene rings is 1. The van der Waals surface area contributed by atoms with Crippen LogP contribution in [-0.2, 0) is 14.8 Å².